The molecule has 0 saturated carbocycles. The van der Waals surface area contributed by atoms with Gasteiger partial charge in [0.25, 0.3) is 0 Å². The number of aryl methyl sites for hydroxylation is 1. The van der Waals surface area contributed by atoms with Crippen molar-refractivity contribution in [3.63, 3.8) is 0 Å². The number of alkyl halides is 3. The van der Waals surface area contributed by atoms with E-state index in [0.29, 0.717) is 35.5 Å². The summed E-state index contributed by atoms with van der Waals surface area (Å²) in [7, 11) is 0. The summed E-state index contributed by atoms with van der Waals surface area (Å²) in [5.74, 6) is -0.980. The van der Waals surface area contributed by atoms with E-state index in [9.17, 15) is 22.8 Å². The number of nitrogens with zero attached hydrogens (tertiary/aromatic N) is 2. The molecule has 0 atom stereocenters. The van der Waals surface area contributed by atoms with Crippen LogP contribution in [0.5, 0.6) is 0 Å². The Balaban J connectivity index is 1.61. The molecule has 1 N–H and O–H groups in total. The number of esters is 1. The van der Waals surface area contributed by atoms with E-state index < -0.39 is 23.7 Å². The summed E-state index contributed by atoms with van der Waals surface area (Å²) >= 11 is 1.35. The molecule has 0 bridgehead atoms. The van der Waals surface area contributed by atoms with Crippen LogP contribution < -0.4 is 5.32 Å². The molecule has 174 valence electrons. The Morgan fingerprint density at radius 1 is 1.06 bits per heavy atom. The van der Waals surface area contributed by atoms with Crippen LogP contribution in [0.25, 0.3) is 0 Å². The Morgan fingerprint density at radius 2 is 1.75 bits per heavy atom. The van der Waals surface area contributed by atoms with Crippen molar-refractivity contribution in [2.24, 2.45) is 0 Å². The first kappa shape index (κ1) is 22.8. The molecule has 2 aliphatic carbocycles. The number of carbonyl (C=O) groups excluding carboxylic acids is 2. The van der Waals surface area contributed by atoms with E-state index in [2.05, 4.69) is 10.4 Å². The van der Waals surface area contributed by atoms with Gasteiger partial charge in [0.2, 0.25) is 5.91 Å². The number of hydrogen-bond acceptors (Lipinski definition) is 5. The van der Waals surface area contributed by atoms with E-state index in [1.54, 1.807) is 6.92 Å². The highest BCUT2D eigenvalue weighted by atomic mass is 32.1. The lowest BCUT2D eigenvalue weighted by atomic mass is 9.95. The molecule has 2 aliphatic rings. The van der Waals surface area contributed by atoms with E-state index in [1.165, 1.54) is 16.0 Å². The fourth-order valence-corrected chi connectivity index (χ4v) is 5.87. The number of halogens is 3. The molecular weight excluding hydrogens is 443 g/mol. The zero-order chi connectivity index (χ0) is 22.9. The third kappa shape index (κ3) is 4.55. The van der Waals surface area contributed by atoms with Crippen molar-refractivity contribution in [2.45, 2.75) is 77.4 Å². The molecule has 2 aromatic heterocycles. The number of fused-ring (bicyclic) bond motifs is 2. The Morgan fingerprint density at radius 3 is 2.50 bits per heavy atom. The summed E-state index contributed by atoms with van der Waals surface area (Å²) in [6.07, 6.45) is 2.08. The maximum atomic E-state index is 13.5. The minimum atomic E-state index is -4.56. The smallest absolute Gasteiger partial charge is 0.435 e. The number of rotatable bonds is 5. The van der Waals surface area contributed by atoms with Gasteiger partial charge in [-0.2, -0.15) is 18.3 Å². The normalized spacial score (nSPS) is 16.1. The third-order valence-electron chi connectivity index (χ3n) is 5.97. The second-order valence-electron chi connectivity index (χ2n) is 8.17. The van der Waals surface area contributed by atoms with Crippen LogP contribution in [0.2, 0.25) is 0 Å². The highest BCUT2D eigenvalue weighted by Gasteiger charge is 2.39. The third-order valence-corrected chi connectivity index (χ3v) is 7.18. The van der Waals surface area contributed by atoms with Crippen LogP contribution in [-0.2, 0) is 47.9 Å². The molecule has 0 aliphatic heterocycles. The first-order chi connectivity index (χ1) is 15.3. The number of thiophene rings is 1. The molecule has 32 heavy (non-hydrogen) atoms. The van der Waals surface area contributed by atoms with Gasteiger partial charge in [-0.25, -0.2) is 4.79 Å². The summed E-state index contributed by atoms with van der Waals surface area (Å²) in [5, 5.41) is 6.96. The van der Waals surface area contributed by atoms with Crippen molar-refractivity contribution in [1.82, 2.24) is 9.78 Å². The number of aromatic nitrogens is 2. The topological polar surface area (TPSA) is 73.2 Å². The maximum Gasteiger partial charge on any atom is 0.435 e. The monoisotopic (exact) mass is 469 g/mol. The van der Waals surface area contributed by atoms with Gasteiger partial charge in [-0.05, 0) is 63.9 Å². The molecule has 10 heteroatoms. The van der Waals surface area contributed by atoms with Gasteiger partial charge in [0.1, 0.15) is 11.5 Å². The summed E-state index contributed by atoms with van der Waals surface area (Å²) in [6, 6.07) is 0. The van der Waals surface area contributed by atoms with Gasteiger partial charge in [-0.3, -0.25) is 9.48 Å². The number of anilines is 1. The van der Waals surface area contributed by atoms with Crippen LogP contribution >= 0.6 is 11.3 Å². The molecule has 0 fully saturated rings. The highest BCUT2D eigenvalue weighted by Crippen LogP contribution is 2.39. The average Bonchev–Trinajstić information content (AvgIpc) is 3.15. The van der Waals surface area contributed by atoms with Crippen molar-refractivity contribution in [1.29, 1.82) is 0 Å². The Kier molecular flexibility index (Phi) is 6.60. The largest absolute Gasteiger partial charge is 0.462 e. The van der Waals surface area contributed by atoms with Crippen LogP contribution in [0, 0.1) is 0 Å². The standard InChI is InChI=1S/C22H26F3N3O3S/c1-2-31-21(30)18-14-9-6-7-11-16(14)32-20(18)26-17(29)12-28-15-10-5-3-4-8-13(15)19(27-28)22(23,24)25/h2-12H2,1H3,(H,26,29). The van der Waals surface area contributed by atoms with Gasteiger partial charge >= 0.3 is 12.1 Å². The lowest BCUT2D eigenvalue weighted by Gasteiger charge is -2.12. The SMILES string of the molecule is CCOC(=O)c1c(NC(=O)Cn2nc(C(F)(F)F)c3c2CCCCC3)sc2c1CCCC2. The number of carbonyl (C=O) groups is 2. The van der Waals surface area contributed by atoms with Gasteiger partial charge in [0.15, 0.2) is 5.69 Å². The van der Waals surface area contributed by atoms with Crippen LogP contribution in [0.15, 0.2) is 0 Å². The molecule has 0 aromatic carbocycles. The fourth-order valence-electron chi connectivity index (χ4n) is 4.58. The molecule has 0 spiro atoms. The van der Waals surface area contributed by atoms with Crippen molar-refractivity contribution in [2.75, 3.05) is 11.9 Å². The van der Waals surface area contributed by atoms with E-state index >= 15 is 0 Å². The van der Waals surface area contributed by atoms with Crippen LogP contribution in [0.1, 0.15) is 76.8 Å². The summed E-state index contributed by atoms with van der Waals surface area (Å²) < 4.78 is 47.0. The average molecular weight is 470 g/mol. The fraction of sp³-hybridized carbons (Fsp3) is 0.591. The van der Waals surface area contributed by atoms with Crippen LogP contribution in [0.4, 0.5) is 18.2 Å². The molecule has 2 heterocycles. The zero-order valence-corrected chi connectivity index (χ0v) is 18.8. The Hall–Kier alpha value is -2.36. The molecule has 0 unspecified atom stereocenters. The Labute approximate surface area is 188 Å². The summed E-state index contributed by atoms with van der Waals surface area (Å²) in [6.45, 7) is 1.61. The second-order valence-corrected chi connectivity index (χ2v) is 9.28. The molecule has 0 saturated heterocycles. The van der Waals surface area contributed by atoms with Crippen molar-refractivity contribution >= 4 is 28.2 Å². The number of amides is 1. The van der Waals surface area contributed by atoms with E-state index in [4.69, 9.17) is 4.74 Å². The number of nitrogens with one attached hydrogen (secondary N) is 1. The minimum absolute atomic E-state index is 0.210. The first-order valence-electron chi connectivity index (χ1n) is 11.1. The molecule has 6 nitrogen and oxygen atoms in total. The summed E-state index contributed by atoms with van der Waals surface area (Å²) in [5.41, 5.74) is 1.11. The van der Waals surface area contributed by atoms with Gasteiger partial charge < -0.3 is 10.1 Å². The predicted molar refractivity (Wildman–Crippen MR) is 114 cm³/mol. The maximum absolute atomic E-state index is 13.5. The Bertz CT molecular complexity index is 1030. The van der Waals surface area contributed by atoms with E-state index in [1.807, 2.05) is 0 Å². The predicted octanol–water partition coefficient (Wildman–Crippen LogP) is 4.93. The molecule has 0 radical (unpaired) electrons. The zero-order valence-electron chi connectivity index (χ0n) is 17.9. The highest BCUT2D eigenvalue weighted by molar-refractivity contribution is 7.17. The van der Waals surface area contributed by atoms with Gasteiger partial charge in [0.05, 0.1) is 12.2 Å². The van der Waals surface area contributed by atoms with E-state index in [0.717, 1.165) is 49.0 Å². The van der Waals surface area contributed by atoms with Crippen LogP contribution in [0.3, 0.4) is 0 Å². The molecule has 4 rings (SSSR count). The lowest BCUT2D eigenvalue weighted by Crippen LogP contribution is -2.22. The quantitative estimate of drug-likeness (QED) is 0.498. The van der Waals surface area contributed by atoms with Crippen molar-refractivity contribution in [3.05, 3.63) is 33.0 Å². The molecule has 2 aromatic rings. The minimum Gasteiger partial charge on any atom is -0.462 e. The lowest BCUT2D eigenvalue weighted by molar-refractivity contribution is -0.142. The molecule has 1 amide bonds. The van der Waals surface area contributed by atoms with Crippen molar-refractivity contribution < 1.29 is 27.5 Å². The molecular formula is C22H26F3N3O3S. The van der Waals surface area contributed by atoms with Crippen molar-refractivity contribution in [3.8, 4) is 0 Å². The van der Waals surface area contributed by atoms with Gasteiger partial charge in [-0.1, -0.05) is 6.42 Å². The second kappa shape index (κ2) is 9.25. The number of ether oxygens (including phenoxy) is 1. The number of hydrogen-bond donors (Lipinski definition) is 1. The van der Waals surface area contributed by atoms with Gasteiger partial charge in [-0.15, -0.1) is 11.3 Å². The summed E-state index contributed by atoms with van der Waals surface area (Å²) in [4.78, 5) is 26.5. The van der Waals surface area contributed by atoms with E-state index in [-0.39, 0.29) is 18.7 Å². The van der Waals surface area contributed by atoms with Crippen LogP contribution in [-0.4, -0.2) is 28.3 Å². The first-order valence-corrected chi connectivity index (χ1v) is 11.9. The van der Waals surface area contributed by atoms with Gasteiger partial charge in [0, 0.05) is 16.1 Å².